The number of nitrogens with one attached hydrogen (secondary N) is 2. The van der Waals surface area contributed by atoms with E-state index in [4.69, 9.17) is 4.74 Å². The maximum Gasteiger partial charge on any atom is 0.119 e. The monoisotopic (exact) mass is 315 g/mol. The van der Waals surface area contributed by atoms with Gasteiger partial charge in [0.2, 0.25) is 0 Å². The Morgan fingerprint density at radius 2 is 1.96 bits per heavy atom. The normalized spacial score (nSPS) is 17.7. The van der Waals surface area contributed by atoms with E-state index in [9.17, 15) is 0 Å². The summed E-state index contributed by atoms with van der Waals surface area (Å²) in [7, 11) is 1.74. The molecule has 1 fully saturated rings. The molecule has 2 aromatic rings. The van der Waals surface area contributed by atoms with Crippen molar-refractivity contribution in [2.45, 2.75) is 32.7 Å². The summed E-state index contributed by atoms with van der Waals surface area (Å²) in [5.41, 5.74) is 2.62. The first kappa shape index (κ1) is 16.3. The van der Waals surface area contributed by atoms with Gasteiger partial charge in [-0.3, -0.25) is 4.90 Å². The fraction of sp³-hybridized carbons (Fsp3) is 0.579. The van der Waals surface area contributed by atoms with Gasteiger partial charge in [-0.15, -0.1) is 0 Å². The van der Waals surface area contributed by atoms with E-state index in [2.05, 4.69) is 47.4 Å². The minimum Gasteiger partial charge on any atom is -0.497 e. The standard InChI is InChI=1S/C19H29N3O/c1-14(2)4-7-19(22-10-8-20-9-11-22)17-13-21-18-6-5-15(23-3)12-16(17)18/h5-6,12-14,19-21H,4,7-11H2,1-3H3/t19-/m0/s1. The Kier molecular flexibility index (Phi) is 5.23. The SMILES string of the molecule is COc1ccc2[nH]cc([C@H](CCC(C)C)N3CCNCC3)c2c1. The number of piperazine rings is 1. The molecule has 1 aromatic heterocycles. The third kappa shape index (κ3) is 3.70. The van der Waals surface area contributed by atoms with Gasteiger partial charge in [-0.25, -0.2) is 0 Å². The molecule has 126 valence electrons. The maximum absolute atomic E-state index is 5.43. The Morgan fingerprint density at radius 1 is 1.17 bits per heavy atom. The second-order valence-electron chi connectivity index (χ2n) is 6.93. The summed E-state index contributed by atoms with van der Waals surface area (Å²) in [4.78, 5) is 6.09. The van der Waals surface area contributed by atoms with Crippen molar-refractivity contribution in [3.63, 3.8) is 0 Å². The van der Waals surface area contributed by atoms with Crippen molar-refractivity contribution in [3.8, 4) is 5.75 Å². The Hall–Kier alpha value is -1.52. The molecule has 0 aliphatic carbocycles. The average molecular weight is 315 g/mol. The molecule has 0 radical (unpaired) electrons. The Balaban J connectivity index is 1.94. The highest BCUT2D eigenvalue weighted by Crippen LogP contribution is 2.34. The molecule has 1 aromatic carbocycles. The molecule has 4 heteroatoms. The molecule has 1 saturated heterocycles. The van der Waals surface area contributed by atoms with Gasteiger partial charge >= 0.3 is 0 Å². The minimum atomic E-state index is 0.486. The number of ether oxygens (including phenoxy) is 1. The van der Waals surface area contributed by atoms with E-state index < -0.39 is 0 Å². The first-order chi connectivity index (χ1) is 11.2. The predicted molar refractivity (Wildman–Crippen MR) is 96.1 cm³/mol. The second kappa shape index (κ2) is 7.37. The van der Waals surface area contributed by atoms with Crippen molar-refractivity contribution in [1.82, 2.24) is 15.2 Å². The smallest absolute Gasteiger partial charge is 0.119 e. The van der Waals surface area contributed by atoms with Gasteiger partial charge in [0, 0.05) is 49.3 Å². The first-order valence-corrected chi connectivity index (χ1v) is 8.79. The van der Waals surface area contributed by atoms with E-state index in [1.165, 1.54) is 29.3 Å². The summed E-state index contributed by atoms with van der Waals surface area (Å²) in [6, 6.07) is 6.80. The summed E-state index contributed by atoms with van der Waals surface area (Å²) < 4.78 is 5.43. The van der Waals surface area contributed by atoms with Crippen LogP contribution in [0.3, 0.4) is 0 Å². The number of H-pyrrole nitrogens is 1. The molecule has 1 atom stereocenters. The highest BCUT2D eigenvalue weighted by atomic mass is 16.5. The Bertz CT molecular complexity index is 629. The molecule has 0 spiro atoms. The number of hydrogen-bond acceptors (Lipinski definition) is 3. The van der Waals surface area contributed by atoms with Crippen LogP contribution in [0.4, 0.5) is 0 Å². The van der Waals surface area contributed by atoms with E-state index >= 15 is 0 Å². The molecule has 1 aliphatic rings. The van der Waals surface area contributed by atoms with Crippen molar-refractivity contribution < 1.29 is 4.74 Å². The van der Waals surface area contributed by atoms with Gasteiger partial charge in [-0.1, -0.05) is 13.8 Å². The summed E-state index contributed by atoms with van der Waals surface area (Å²) in [6.07, 6.45) is 4.67. The van der Waals surface area contributed by atoms with Crippen molar-refractivity contribution in [1.29, 1.82) is 0 Å². The van der Waals surface area contributed by atoms with Gasteiger partial charge < -0.3 is 15.0 Å². The number of methoxy groups -OCH3 is 1. The lowest BCUT2D eigenvalue weighted by Crippen LogP contribution is -2.45. The fourth-order valence-corrected chi connectivity index (χ4v) is 3.54. The van der Waals surface area contributed by atoms with Crippen molar-refractivity contribution in [3.05, 3.63) is 30.0 Å². The molecular weight excluding hydrogens is 286 g/mol. The molecular formula is C19H29N3O. The van der Waals surface area contributed by atoms with E-state index in [1.807, 2.05) is 6.07 Å². The zero-order valence-electron chi connectivity index (χ0n) is 14.6. The lowest BCUT2D eigenvalue weighted by Gasteiger charge is -2.35. The molecule has 2 heterocycles. The minimum absolute atomic E-state index is 0.486. The molecule has 2 N–H and O–H groups in total. The number of aromatic amines is 1. The molecule has 1 aliphatic heterocycles. The van der Waals surface area contributed by atoms with Crippen molar-refractivity contribution >= 4 is 10.9 Å². The van der Waals surface area contributed by atoms with Gasteiger partial charge in [-0.2, -0.15) is 0 Å². The average Bonchev–Trinajstić information content (AvgIpc) is 2.99. The number of aromatic nitrogens is 1. The van der Waals surface area contributed by atoms with Gasteiger partial charge in [-0.05, 0) is 42.5 Å². The lowest BCUT2D eigenvalue weighted by atomic mass is 9.95. The number of nitrogens with zero attached hydrogens (tertiary/aromatic N) is 1. The van der Waals surface area contributed by atoms with Crippen LogP contribution in [0.1, 0.15) is 38.3 Å². The van der Waals surface area contributed by atoms with Crippen LogP contribution >= 0.6 is 0 Å². The quantitative estimate of drug-likeness (QED) is 0.856. The van der Waals surface area contributed by atoms with E-state index in [0.717, 1.165) is 37.8 Å². The molecule has 0 saturated carbocycles. The maximum atomic E-state index is 5.43. The summed E-state index contributed by atoms with van der Waals surface area (Å²) in [5.74, 6) is 1.67. The third-order valence-corrected chi connectivity index (χ3v) is 4.89. The van der Waals surface area contributed by atoms with Crippen LogP contribution < -0.4 is 10.1 Å². The van der Waals surface area contributed by atoms with Crippen LogP contribution in [-0.4, -0.2) is 43.2 Å². The lowest BCUT2D eigenvalue weighted by molar-refractivity contribution is 0.161. The molecule has 0 bridgehead atoms. The third-order valence-electron chi connectivity index (χ3n) is 4.89. The molecule has 0 unspecified atom stereocenters. The summed E-state index contributed by atoms with van der Waals surface area (Å²) in [6.45, 7) is 9.05. The van der Waals surface area contributed by atoms with Crippen molar-refractivity contribution in [2.75, 3.05) is 33.3 Å². The van der Waals surface area contributed by atoms with Crippen LogP contribution in [-0.2, 0) is 0 Å². The molecule has 4 nitrogen and oxygen atoms in total. The van der Waals surface area contributed by atoms with E-state index in [-0.39, 0.29) is 0 Å². The van der Waals surface area contributed by atoms with Crippen LogP contribution in [0.5, 0.6) is 5.75 Å². The van der Waals surface area contributed by atoms with Crippen molar-refractivity contribution in [2.24, 2.45) is 5.92 Å². The molecule has 23 heavy (non-hydrogen) atoms. The zero-order chi connectivity index (χ0) is 16.2. The van der Waals surface area contributed by atoms with Crippen LogP contribution in [0, 0.1) is 5.92 Å². The summed E-state index contributed by atoms with van der Waals surface area (Å²) in [5, 5.41) is 4.77. The van der Waals surface area contributed by atoms with Crippen LogP contribution in [0.25, 0.3) is 10.9 Å². The molecule has 0 amide bonds. The van der Waals surface area contributed by atoms with E-state index in [1.54, 1.807) is 7.11 Å². The van der Waals surface area contributed by atoms with Gasteiger partial charge in [0.1, 0.15) is 5.75 Å². The zero-order valence-corrected chi connectivity index (χ0v) is 14.6. The van der Waals surface area contributed by atoms with Crippen LogP contribution in [0.15, 0.2) is 24.4 Å². The summed E-state index contributed by atoms with van der Waals surface area (Å²) >= 11 is 0. The molecule has 3 rings (SSSR count). The first-order valence-electron chi connectivity index (χ1n) is 8.79. The number of hydrogen-bond donors (Lipinski definition) is 2. The predicted octanol–water partition coefficient (Wildman–Crippen LogP) is 3.56. The largest absolute Gasteiger partial charge is 0.497 e. The fourth-order valence-electron chi connectivity index (χ4n) is 3.54. The highest BCUT2D eigenvalue weighted by Gasteiger charge is 2.24. The van der Waals surface area contributed by atoms with Crippen LogP contribution in [0.2, 0.25) is 0 Å². The van der Waals surface area contributed by atoms with Gasteiger partial charge in [0.15, 0.2) is 0 Å². The number of benzene rings is 1. The topological polar surface area (TPSA) is 40.3 Å². The highest BCUT2D eigenvalue weighted by molar-refractivity contribution is 5.85. The second-order valence-corrected chi connectivity index (χ2v) is 6.93. The number of fused-ring (bicyclic) bond motifs is 1. The Labute approximate surface area is 139 Å². The Morgan fingerprint density at radius 3 is 2.65 bits per heavy atom. The van der Waals surface area contributed by atoms with Gasteiger partial charge in [0.25, 0.3) is 0 Å². The number of rotatable bonds is 6. The van der Waals surface area contributed by atoms with Gasteiger partial charge in [0.05, 0.1) is 7.11 Å². The van der Waals surface area contributed by atoms with E-state index in [0.29, 0.717) is 6.04 Å².